The van der Waals surface area contributed by atoms with Crippen molar-refractivity contribution in [1.29, 1.82) is 0 Å². The zero-order valence-corrected chi connectivity index (χ0v) is 25.2. The molecule has 0 N–H and O–H groups in total. The fourth-order valence-electron chi connectivity index (χ4n) is 4.68. The average molecular weight is 605 g/mol. The number of allylic oxidation sites excluding steroid dienone is 1. The Morgan fingerprint density at radius 2 is 1.83 bits per heavy atom. The van der Waals surface area contributed by atoms with Gasteiger partial charge in [0.1, 0.15) is 12.4 Å². The van der Waals surface area contributed by atoms with Crippen LogP contribution >= 0.6 is 23.1 Å². The van der Waals surface area contributed by atoms with Gasteiger partial charge in [-0.15, -0.1) is 11.8 Å². The second-order valence-corrected chi connectivity index (χ2v) is 11.3. The molecule has 0 saturated heterocycles. The summed E-state index contributed by atoms with van der Waals surface area (Å²) in [6.45, 7) is 3.97. The monoisotopic (exact) mass is 604 g/mol. The predicted molar refractivity (Wildman–Crippen MR) is 162 cm³/mol. The van der Waals surface area contributed by atoms with E-state index in [1.165, 1.54) is 23.5 Å². The van der Waals surface area contributed by atoms with E-state index >= 15 is 0 Å². The molecule has 0 amide bonds. The highest BCUT2D eigenvalue weighted by molar-refractivity contribution is 7.98. The molecule has 0 aliphatic carbocycles. The maximum Gasteiger partial charge on any atom is 0.338 e. The highest BCUT2D eigenvalue weighted by atomic mass is 32.2. The van der Waals surface area contributed by atoms with Crippen LogP contribution in [-0.2, 0) is 16.1 Å². The zero-order valence-electron chi connectivity index (χ0n) is 23.5. The van der Waals surface area contributed by atoms with Gasteiger partial charge in [0, 0.05) is 4.90 Å². The first-order valence-corrected chi connectivity index (χ1v) is 15.3. The number of thioether (sulfide) groups is 1. The second kappa shape index (κ2) is 12.8. The van der Waals surface area contributed by atoms with Crippen LogP contribution in [0.3, 0.4) is 0 Å². The number of ether oxygens (including phenoxy) is 3. The number of methoxy groups -OCH3 is 1. The third-order valence-electron chi connectivity index (χ3n) is 6.74. The van der Waals surface area contributed by atoms with E-state index in [2.05, 4.69) is 4.99 Å². The molecule has 10 heteroatoms. The Labute approximate surface area is 250 Å². The number of carbonyl (C=O) groups excluding carboxylic acids is 1. The Kier molecular flexibility index (Phi) is 8.94. The molecule has 1 aromatic heterocycles. The number of thiazole rings is 1. The van der Waals surface area contributed by atoms with Crippen molar-refractivity contribution in [3.63, 3.8) is 0 Å². The van der Waals surface area contributed by atoms with Crippen molar-refractivity contribution >= 4 is 35.1 Å². The van der Waals surface area contributed by atoms with Crippen LogP contribution in [0.2, 0.25) is 0 Å². The van der Waals surface area contributed by atoms with E-state index in [-0.39, 0.29) is 24.6 Å². The number of carbonyl (C=O) groups is 1. The Morgan fingerprint density at radius 1 is 1.10 bits per heavy atom. The van der Waals surface area contributed by atoms with Crippen molar-refractivity contribution in [1.82, 2.24) is 4.57 Å². The number of esters is 1. The fourth-order valence-corrected chi connectivity index (χ4v) is 6.13. The molecule has 1 atom stereocenters. The lowest BCUT2D eigenvalue weighted by molar-refractivity contribution is -0.139. The Bertz CT molecular complexity index is 1830. The molecule has 42 heavy (non-hydrogen) atoms. The summed E-state index contributed by atoms with van der Waals surface area (Å²) in [6, 6.07) is 18.6. The molecule has 0 saturated carbocycles. The van der Waals surface area contributed by atoms with Crippen LogP contribution < -0.4 is 24.4 Å². The summed E-state index contributed by atoms with van der Waals surface area (Å²) < 4.78 is 32.1. The van der Waals surface area contributed by atoms with Crippen molar-refractivity contribution in [2.45, 2.75) is 31.4 Å². The molecule has 1 aliphatic heterocycles. The fraction of sp³-hybridized carbons (Fsp3) is 0.219. The van der Waals surface area contributed by atoms with Gasteiger partial charge in [0.05, 0.1) is 35.6 Å². The van der Waals surface area contributed by atoms with Gasteiger partial charge >= 0.3 is 5.97 Å². The summed E-state index contributed by atoms with van der Waals surface area (Å²) in [6.07, 6.45) is 3.76. The lowest BCUT2D eigenvalue weighted by Gasteiger charge is -2.24. The molecule has 3 aromatic carbocycles. The molecule has 0 radical (unpaired) electrons. The lowest BCUT2D eigenvalue weighted by Crippen LogP contribution is -2.39. The molecule has 1 aliphatic rings. The van der Waals surface area contributed by atoms with E-state index in [9.17, 15) is 14.0 Å². The molecule has 7 nitrogen and oxygen atoms in total. The molecule has 0 spiro atoms. The number of aromatic nitrogens is 1. The van der Waals surface area contributed by atoms with Crippen LogP contribution in [0, 0.1) is 5.82 Å². The van der Waals surface area contributed by atoms with Crippen molar-refractivity contribution in [2.75, 3.05) is 20.0 Å². The van der Waals surface area contributed by atoms with Gasteiger partial charge in [-0.25, -0.2) is 14.2 Å². The largest absolute Gasteiger partial charge is 0.493 e. The minimum Gasteiger partial charge on any atom is -0.493 e. The Morgan fingerprint density at radius 3 is 2.50 bits per heavy atom. The van der Waals surface area contributed by atoms with Crippen molar-refractivity contribution in [2.24, 2.45) is 4.99 Å². The molecular weight excluding hydrogens is 575 g/mol. The van der Waals surface area contributed by atoms with Gasteiger partial charge in [0.15, 0.2) is 16.3 Å². The van der Waals surface area contributed by atoms with E-state index < -0.39 is 12.0 Å². The van der Waals surface area contributed by atoms with Gasteiger partial charge in [-0.3, -0.25) is 9.36 Å². The van der Waals surface area contributed by atoms with Crippen molar-refractivity contribution < 1.29 is 23.4 Å². The van der Waals surface area contributed by atoms with Crippen LogP contribution in [0.4, 0.5) is 4.39 Å². The third kappa shape index (κ3) is 6.05. The second-order valence-electron chi connectivity index (χ2n) is 9.40. The molecule has 5 rings (SSSR count). The molecule has 2 heterocycles. The van der Waals surface area contributed by atoms with E-state index in [1.807, 2.05) is 36.6 Å². The first-order chi connectivity index (χ1) is 20.3. The van der Waals surface area contributed by atoms with Crippen LogP contribution in [0.5, 0.6) is 11.5 Å². The van der Waals surface area contributed by atoms with Gasteiger partial charge in [-0.05, 0) is 79.3 Å². The smallest absolute Gasteiger partial charge is 0.338 e. The third-order valence-corrected chi connectivity index (χ3v) is 8.47. The number of benzene rings is 3. The molecule has 0 unspecified atom stereocenters. The van der Waals surface area contributed by atoms with Gasteiger partial charge in [0.2, 0.25) is 0 Å². The summed E-state index contributed by atoms with van der Waals surface area (Å²) in [5.41, 5.74) is 2.94. The Hall–Kier alpha value is -4.15. The quantitative estimate of drug-likeness (QED) is 0.192. The van der Waals surface area contributed by atoms with Crippen LogP contribution in [-0.4, -0.2) is 30.5 Å². The first kappa shape index (κ1) is 29.3. The van der Waals surface area contributed by atoms with Gasteiger partial charge in [-0.2, -0.15) is 0 Å². The average Bonchev–Trinajstić information content (AvgIpc) is 3.30. The zero-order chi connectivity index (χ0) is 29.8. The van der Waals surface area contributed by atoms with Gasteiger partial charge in [0.25, 0.3) is 5.56 Å². The SMILES string of the molecule is CCOC(=O)C1=C(C)N=c2s/c(=C\c3ccc(OCc4ccc(F)cc4)c(OC)c3)c(=O)n2[C@H]1c1ccc(SC)cc1. The van der Waals surface area contributed by atoms with Crippen LogP contribution in [0.15, 0.2) is 92.7 Å². The minimum atomic E-state index is -0.671. The number of nitrogens with zero attached hydrogens (tertiary/aromatic N) is 2. The highest BCUT2D eigenvalue weighted by Gasteiger charge is 2.33. The molecule has 216 valence electrons. The summed E-state index contributed by atoms with van der Waals surface area (Å²) >= 11 is 2.87. The topological polar surface area (TPSA) is 79.1 Å². The van der Waals surface area contributed by atoms with E-state index in [1.54, 1.807) is 67.6 Å². The summed E-state index contributed by atoms with van der Waals surface area (Å²) in [5, 5.41) is 0. The van der Waals surface area contributed by atoms with Gasteiger partial charge in [-0.1, -0.05) is 41.7 Å². The molecular formula is C32H29FN2O5S2. The lowest BCUT2D eigenvalue weighted by atomic mass is 9.96. The number of rotatable bonds is 9. The molecule has 0 fully saturated rings. The highest BCUT2D eigenvalue weighted by Crippen LogP contribution is 2.32. The number of fused-ring (bicyclic) bond motifs is 1. The van der Waals surface area contributed by atoms with Crippen LogP contribution in [0.1, 0.15) is 36.6 Å². The summed E-state index contributed by atoms with van der Waals surface area (Å²) in [7, 11) is 1.54. The first-order valence-electron chi connectivity index (χ1n) is 13.2. The summed E-state index contributed by atoms with van der Waals surface area (Å²) in [4.78, 5) is 33.2. The Balaban J connectivity index is 1.53. The molecule has 4 aromatic rings. The minimum absolute atomic E-state index is 0.212. The van der Waals surface area contributed by atoms with Crippen molar-refractivity contribution in [3.05, 3.63) is 120 Å². The standard InChI is InChI=1S/C32H29FN2O5S2/c1-5-39-31(37)28-19(2)34-32-35(29(28)22-9-13-24(41-4)14-10-22)30(36)27(42-32)17-21-8-15-25(26(16-21)38-3)40-18-20-6-11-23(33)12-7-20/h6-17,29H,5,18H2,1-4H3/b27-17-/t29-/m0/s1. The number of hydrogen-bond acceptors (Lipinski definition) is 8. The normalized spacial score (nSPS) is 14.8. The van der Waals surface area contributed by atoms with Gasteiger partial charge < -0.3 is 14.2 Å². The predicted octanol–water partition coefficient (Wildman–Crippen LogP) is 5.25. The summed E-state index contributed by atoms with van der Waals surface area (Å²) in [5.74, 6) is 0.209. The van der Waals surface area contributed by atoms with Crippen molar-refractivity contribution in [3.8, 4) is 11.5 Å². The van der Waals surface area contributed by atoms with Crippen LogP contribution in [0.25, 0.3) is 6.08 Å². The number of hydrogen-bond donors (Lipinski definition) is 0. The number of halogens is 1. The van der Waals surface area contributed by atoms with E-state index in [0.29, 0.717) is 32.1 Å². The maximum absolute atomic E-state index is 13.9. The van der Waals surface area contributed by atoms with E-state index in [4.69, 9.17) is 14.2 Å². The maximum atomic E-state index is 13.9. The molecule has 0 bridgehead atoms. The van der Waals surface area contributed by atoms with E-state index in [0.717, 1.165) is 21.6 Å².